The lowest BCUT2D eigenvalue weighted by Crippen LogP contribution is -2.38. The highest BCUT2D eigenvalue weighted by Gasteiger charge is 2.19. The SMILES string of the molecule is COc1ccccc1NC(=O)C(=O)N(C)CCc1ccncc1. The number of para-hydroxylation sites is 2. The minimum atomic E-state index is -0.688. The zero-order valence-electron chi connectivity index (χ0n) is 13.2. The molecular weight excluding hydrogens is 294 g/mol. The van der Waals surface area contributed by atoms with Gasteiger partial charge in [0.05, 0.1) is 12.8 Å². The van der Waals surface area contributed by atoms with Gasteiger partial charge in [0.15, 0.2) is 0 Å². The Morgan fingerprint density at radius 3 is 2.57 bits per heavy atom. The maximum atomic E-state index is 12.1. The van der Waals surface area contributed by atoms with Crippen LogP contribution in [0.15, 0.2) is 48.8 Å². The van der Waals surface area contributed by atoms with Crippen molar-refractivity contribution in [2.24, 2.45) is 0 Å². The Bertz CT molecular complexity index is 674. The van der Waals surface area contributed by atoms with Crippen LogP contribution in [0.5, 0.6) is 5.75 Å². The molecule has 6 heteroatoms. The van der Waals surface area contributed by atoms with E-state index in [-0.39, 0.29) is 0 Å². The average Bonchev–Trinajstić information content (AvgIpc) is 2.60. The summed E-state index contributed by atoms with van der Waals surface area (Å²) in [6, 6.07) is 10.7. The van der Waals surface area contributed by atoms with E-state index in [4.69, 9.17) is 4.74 Å². The van der Waals surface area contributed by atoms with Gasteiger partial charge >= 0.3 is 11.8 Å². The number of aromatic nitrogens is 1. The number of benzene rings is 1. The molecule has 1 heterocycles. The molecule has 0 spiro atoms. The van der Waals surface area contributed by atoms with Crippen LogP contribution in [0, 0.1) is 0 Å². The third-order valence-electron chi connectivity index (χ3n) is 3.38. The van der Waals surface area contributed by atoms with Crippen LogP contribution in [0.3, 0.4) is 0 Å². The van der Waals surface area contributed by atoms with Gasteiger partial charge in [-0.2, -0.15) is 0 Å². The summed E-state index contributed by atoms with van der Waals surface area (Å²) in [6.45, 7) is 0.447. The van der Waals surface area contributed by atoms with Crippen molar-refractivity contribution >= 4 is 17.5 Å². The van der Waals surface area contributed by atoms with Gasteiger partial charge in [0.25, 0.3) is 0 Å². The molecule has 1 aromatic heterocycles. The van der Waals surface area contributed by atoms with E-state index < -0.39 is 11.8 Å². The van der Waals surface area contributed by atoms with Crippen molar-refractivity contribution in [3.63, 3.8) is 0 Å². The monoisotopic (exact) mass is 313 g/mol. The number of pyridine rings is 1. The summed E-state index contributed by atoms with van der Waals surface area (Å²) < 4.78 is 5.15. The molecule has 0 aliphatic carbocycles. The molecule has 2 amide bonds. The van der Waals surface area contributed by atoms with Crippen LogP contribution in [-0.4, -0.2) is 42.4 Å². The first kappa shape index (κ1) is 16.5. The highest BCUT2D eigenvalue weighted by molar-refractivity contribution is 6.39. The van der Waals surface area contributed by atoms with Crippen molar-refractivity contribution in [2.45, 2.75) is 6.42 Å². The fraction of sp³-hybridized carbons (Fsp3) is 0.235. The largest absolute Gasteiger partial charge is 0.495 e. The van der Waals surface area contributed by atoms with Crippen molar-refractivity contribution in [3.05, 3.63) is 54.4 Å². The number of carbonyl (C=O) groups is 2. The van der Waals surface area contributed by atoms with Gasteiger partial charge < -0.3 is 15.0 Å². The first-order valence-corrected chi connectivity index (χ1v) is 7.20. The topological polar surface area (TPSA) is 71.5 Å². The number of methoxy groups -OCH3 is 1. The quantitative estimate of drug-likeness (QED) is 0.853. The molecule has 2 aromatic rings. The molecule has 6 nitrogen and oxygen atoms in total. The van der Waals surface area contributed by atoms with Crippen LogP contribution in [0.4, 0.5) is 5.69 Å². The zero-order chi connectivity index (χ0) is 16.7. The van der Waals surface area contributed by atoms with E-state index in [1.165, 1.54) is 12.0 Å². The average molecular weight is 313 g/mol. The molecule has 0 saturated carbocycles. The Labute approximate surface area is 135 Å². The van der Waals surface area contributed by atoms with Crippen LogP contribution < -0.4 is 10.1 Å². The Balaban J connectivity index is 1.92. The van der Waals surface area contributed by atoms with Crippen molar-refractivity contribution in [2.75, 3.05) is 26.0 Å². The molecule has 0 saturated heterocycles. The highest BCUT2D eigenvalue weighted by atomic mass is 16.5. The van der Waals surface area contributed by atoms with Crippen LogP contribution in [0.25, 0.3) is 0 Å². The number of ether oxygens (including phenoxy) is 1. The molecule has 2 rings (SSSR count). The van der Waals surface area contributed by atoms with Gasteiger partial charge in [-0.15, -0.1) is 0 Å². The molecule has 0 aliphatic rings. The molecule has 0 radical (unpaired) electrons. The predicted molar refractivity (Wildman–Crippen MR) is 87.2 cm³/mol. The van der Waals surface area contributed by atoms with E-state index in [9.17, 15) is 9.59 Å². The standard InChI is InChI=1S/C17H19N3O3/c1-20(12-9-13-7-10-18-11-8-13)17(22)16(21)19-14-5-3-4-6-15(14)23-2/h3-8,10-11H,9,12H2,1-2H3,(H,19,21). The third kappa shape index (κ3) is 4.54. The molecule has 120 valence electrons. The molecule has 1 N–H and O–H groups in total. The first-order valence-electron chi connectivity index (χ1n) is 7.20. The molecular formula is C17H19N3O3. The van der Waals surface area contributed by atoms with E-state index in [1.54, 1.807) is 43.7 Å². The van der Waals surface area contributed by atoms with Crippen LogP contribution in [-0.2, 0) is 16.0 Å². The van der Waals surface area contributed by atoms with E-state index in [1.807, 2.05) is 12.1 Å². The number of carbonyl (C=O) groups excluding carboxylic acids is 2. The van der Waals surface area contributed by atoms with Crippen LogP contribution in [0.2, 0.25) is 0 Å². The van der Waals surface area contributed by atoms with Gasteiger partial charge in [0.1, 0.15) is 5.75 Å². The second kappa shape index (κ2) is 7.93. The number of nitrogens with zero attached hydrogens (tertiary/aromatic N) is 2. The van der Waals surface area contributed by atoms with Crippen molar-refractivity contribution in [3.8, 4) is 5.75 Å². The van der Waals surface area contributed by atoms with Crippen molar-refractivity contribution in [1.29, 1.82) is 0 Å². The summed E-state index contributed by atoms with van der Waals surface area (Å²) in [6.07, 6.45) is 4.06. The molecule has 0 bridgehead atoms. The lowest BCUT2D eigenvalue weighted by molar-refractivity contribution is -0.142. The number of amides is 2. The number of nitrogens with one attached hydrogen (secondary N) is 1. The summed E-state index contributed by atoms with van der Waals surface area (Å²) >= 11 is 0. The fourth-order valence-electron chi connectivity index (χ4n) is 2.04. The summed E-state index contributed by atoms with van der Waals surface area (Å²) in [5, 5.41) is 2.58. The third-order valence-corrected chi connectivity index (χ3v) is 3.38. The van der Waals surface area contributed by atoms with E-state index in [0.717, 1.165) is 5.56 Å². The van der Waals surface area contributed by atoms with Gasteiger partial charge in [0.2, 0.25) is 0 Å². The maximum absolute atomic E-state index is 12.1. The maximum Gasteiger partial charge on any atom is 0.313 e. The Morgan fingerprint density at radius 2 is 1.87 bits per heavy atom. The lowest BCUT2D eigenvalue weighted by atomic mass is 10.2. The summed E-state index contributed by atoms with van der Waals surface area (Å²) in [4.78, 5) is 29.5. The number of anilines is 1. The Kier molecular flexibility index (Phi) is 5.68. The number of rotatable bonds is 5. The summed E-state index contributed by atoms with van der Waals surface area (Å²) in [5.74, 6) is -0.773. The van der Waals surface area contributed by atoms with Crippen LogP contribution >= 0.6 is 0 Å². The number of hydrogen-bond acceptors (Lipinski definition) is 4. The summed E-state index contributed by atoms with van der Waals surface area (Å²) in [7, 11) is 3.11. The lowest BCUT2D eigenvalue weighted by Gasteiger charge is -2.17. The van der Waals surface area contributed by atoms with Crippen molar-refractivity contribution < 1.29 is 14.3 Å². The zero-order valence-corrected chi connectivity index (χ0v) is 13.2. The normalized spacial score (nSPS) is 10.0. The van der Waals surface area contributed by atoms with Gasteiger partial charge in [-0.05, 0) is 36.2 Å². The number of likely N-dealkylation sites (N-methyl/N-ethyl adjacent to an activating group) is 1. The highest BCUT2D eigenvalue weighted by Crippen LogP contribution is 2.22. The first-order chi connectivity index (χ1) is 11.1. The fourth-order valence-corrected chi connectivity index (χ4v) is 2.04. The van der Waals surface area contributed by atoms with Gasteiger partial charge in [-0.25, -0.2) is 0 Å². The minimum Gasteiger partial charge on any atom is -0.495 e. The second-order valence-electron chi connectivity index (χ2n) is 4.99. The Morgan fingerprint density at radius 1 is 1.17 bits per heavy atom. The molecule has 0 unspecified atom stereocenters. The molecule has 0 aliphatic heterocycles. The van der Waals surface area contributed by atoms with Gasteiger partial charge in [0, 0.05) is 26.0 Å². The molecule has 1 aromatic carbocycles. The van der Waals surface area contributed by atoms with Gasteiger partial charge in [-0.3, -0.25) is 14.6 Å². The minimum absolute atomic E-state index is 0.447. The summed E-state index contributed by atoms with van der Waals surface area (Å²) in [5.41, 5.74) is 1.53. The molecule has 0 atom stereocenters. The number of hydrogen-bond donors (Lipinski definition) is 1. The van der Waals surface area contributed by atoms with Crippen LogP contribution in [0.1, 0.15) is 5.56 Å². The van der Waals surface area contributed by atoms with E-state index in [0.29, 0.717) is 24.4 Å². The predicted octanol–water partition coefficient (Wildman–Crippen LogP) is 1.73. The molecule has 23 heavy (non-hydrogen) atoms. The Hall–Kier alpha value is -2.89. The van der Waals surface area contributed by atoms with Gasteiger partial charge in [-0.1, -0.05) is 12.1 Å². The smallest absolute Gasteiger partial charge is 0.313 e. The second-order valence-corrected chi connectivity index (χ2v) is 4.99. The van der Waals surface area contributed by atoms with E-state index >= 15 is 0 Å². The molecule has 0 fully saturated rings. The van der Waals surface area contributed by atoms with E-state index in [2.05, 4.69) is 10.3 Å². The van der Waals surface area contributed by atoms with Crippen molar-refractivity contribution in [1.82, 2.24) is 9.88 Å².